The molecule has 2 aromatic heterocycles. The number of pyridine rings is 1. The molecule has 0 bridgehead atoms. The van der Waals surface area contributed by atoms with E-state index in [1.807, 2.05) is 6.92 Å². The molecule has 0 spiro atoms. The Bertz CT molecular complexity index is 1480. The van der Waals surface area contributed by atoms with Gasteiger partial charge in [-0.05, 0) is 82.0 Å². The summed E-state index contributed by atoms with van der Waals surface area (Å²) in [5, 5.41) is 3.60. The van der Waals surface area contributed by atoms with E-state index in [2.05, 4.69) is 107 Å². The zero-order valence-corrected chi connectivity index (χ0v) is 21.1. The Hall–Kier alpha value is -3.39. The van der Waals surface area contributed by atoms with Gasteiger partial charge in [0.2, 0.25) is 5.71 Å². The molecule has 0 saturated heterocycles. The number of hydrogen-bond donors (Lipinski definition) is 0. The summed E-state index contributed by atoms with van der Waals surface area (Å²) in [5.41, 5.74) is 7.85. The maximum atomic E-state index is 6.04. The van der Waals surface area contributed by atoms with Crippen molar-refractivity contribution in [2.24, 2.45) is 5.92 Å². The molecule has 0 radical (unpaired) electrons. The highest BCUT2D eigenvalue weighted by Gasteiger charge is 2.20. The first-order valence-electron chi connectivity index (χ1n) is 12.2. The minimum atomic E-state index is 0.0239. The van der Waals surface area contributed by atoms with Crippen molar-refractivity contribution in [3.63, 3.8) is 0 Å². The Balaban J connectivity index is 1.71. The first-order chi connectivity index (χ1) is 16.2. The van der Waals surface area contributed by atoms with E-state index in [4.69, 9.17) is 9.40 Å². The predicted molar refractivity (Wildman–Crippen MR) is 144 cm³/mol. The molecule has 0 aliphatic rings. The largest absolute Gasteiger partial charge is 0.443 e. The third-order valence-electron chi connectivity index (χ3n) is 6.50. The fourth-order valence-electron chi connectivity index (χ4n) is 4.89. The molecule has 2 heteroatoms. The van der Waals surface area contributed by atoms with E-state index in [0.717, 1.165) is 28.8 Å². The van der Waals surface area contributed by atoms with Gasteiger partial charge in [0, 0.05) is 10.9 Å². The standard InChI is InChI=1S/C32H33NO/c1-20(2)15-22-11-13-23(14-12-22)27-19-30(33-31-28(27)16-21(3)34-31)25-17-24-9-7-8-10-26(24)29(18-25)32(4,5)6/h7-14,16-20H,15H2,1-6H3. The molecule has 0 atom stereocenters. The number of rotatable bonds is 4. The number of furan rings is 1. The van der Waals surface area contributed by atoms with Crippen LogP contribution in [0.2, 0.25) is 0 Å². The van der Waals surface area contributed by atoms with Gasteiger partial charge in [0.15, 0.2) is 0 Å². The zero-order valence-electron chi connectivity index (χ0n) is 21.1. The Morgan fingerprint density at radius 1 is 0.824 bits per heavy atom. The number of aromatic nitrogens is 1. The topological polar surface area (TPSA) is 26.0 Å². The summed E-state index contributed by atoms with van der Waals surface area (Å²) in [7, 11) is 0. The van der Waals surface area contributed by atoms with Gasteiger partial charge in [-0.25, -0.2) is 4.98 Å². The Labute approximate surface area is 202 Å². The van der Waals surface area contributed by atoms with Crippen LogP contribution in [-0.4, -0.2) is 4.98 Å². The molecule has 0 aliphatic heterocycles. The lowest BCUT2D eigenvalue weighted by Gasteiger charge is -2.23. The fraction of sp³-hybridized carbons (Fsp3) is 0.281. The third-order valence-corrected chi connectivity index (χ3v) is 6.50. The van der Waals surface area contributed by atoms with Crippen LogP contribution in [0.3, 0.4) is 0 Å². The van der Waals surface area contributed by atoms with E-state index < -0.39 is 0 Å². The first kappa shape index (κ1) is 22.4. The Morgan fingerprint density at radius 3 is 2.26 bits per heavy atom. The molecule has 172 valence electrons. The first-order valence-corrected chi connectivity index (χ1v) is 12.2. The normalized spacial score (nSPS) is 12.2. The summed E-state index contributed by atoms with van der Waals surface area (Å²) in [6.45, 7) is 13.3. The van der Waals surface area contributed by atoms with Gasteiger partial charge in [0.05, 0.1) is 5.69 Å². The molecule has 5 rings (SSSR count). The molecule has 0 unspecified atom stereocenters. The predicted octanol–water partition coefficient (Wildman–Crippen LogP) is 9.12. The summed E-state index contributed by atoms with van der Waals surface area (Å²) in [6, 6.07) is 26.5. The average Bonchev–Trinajstić information content (AvgIpc) is 3.17. The minimum absolute atomic E-state index is 0.0239. The molecular weight excluding hydrogens is 414 g/mol. The summed E-state index contributed by atoms with van der Waals surface area (Å²) in [6.07, 6.45) is 1.09. The SMILES string of the molecule is Cc1cc2c(-c3ccc(CC(C)C)cc3)cc(-c3cc(C(C)(C)C)c4ccccc4c3)nc2o1. The van der Waals surface area contributed by atoms with Crippen LogP contribution in [0.4, 0.5) is 0 Å². The van der Waals surface area contributed by atoms with Crippen LogP contribution in [0.5, 0.6) is 0 Å². The van der Waals surface area contributed by atoms with Crippen molar-refractivity contribution >= 4 is 21.9 Å². The number of aryl methyl sites for hydroxylation is 1. The maximum absolute atomic E-state index is 6.04. The van der Waals surface area contributed by atoms with Crippen LogP contribution in [0.15, 0.2) is 77.2 Å². The summed E-state index contributed by atoms with van der Waals surface area (Å²) < 4.78 is 6.04. The average molecular weight is 448 g/mol. The molecule has 0 saturated carbocycles. The van der Waals surface area contributed by atoms with Gasteiger partial charge in [-0.3, -0.25) is 0 Å². The monoisotopic (exact) mass is 447 g/mol. The van der Waals surface area contributed by atoms with Crippen LogP contribution in [0.25, 0.3) is 44.3 Å². The number of nitrogens with zero attached hydrogens (tertiary/aromatic N) is 1. The quantitative estimate of drug-likeness (QED) is 0.274. The van der Waals surface area contributed by atoms with Crippen LogP contribution in [0, 0.1) is 12.8 Å². The summed E-state index contributed by atoms with van der Waals surface area (Å²) in [4.78, 5) is 4.97. The number of hydrogen-bond acceptors (Lipinski definition) is 2. The Morgan fingerprint density at radius 2 is 1.56 bits per heavy atom. The van der Waals surface area contributed by atoms with Crippen LogP contribution >= 0.6 is 0 Å². The fourth-order valence-corrected chi connectivity index (χ4v) is 4.89. The molecule has 0 fully saturated rings. The molecule has 0 amide bonds. The van der Waals surface area contributed by atoms with Crippen LogP contribution in [-0.2, 0) is 11.8 Å². The molecular formula is C32H33NO. The second kappa shape index (κ2) is 8.43. The highest BCUT2D eigenvalue weighted by Crippen LogP contribution is 2.38. The highest BCUT2D eigenvalue weighted by molar-refractivity contribution is 5.96. The van der Waals surface area contributed by atoms with Crippen molar-refractivity contribution < 1.29 is 4.42 Å². The lowest BCUT2D eigenvalue weighted by molar-refractivity contribution is 0.568. The molecule has 3 aromatic carbocycles. The lowest BCUT2D eigenvalue weighted by atomic mass is 9.82. The van der Waals surface area contributed by atoms with E-state index in [-0.39, 0.29) is 5.41 Å². The minimum Gasteiger partial charge on any atom is -0.443 e. The molecule has 2 heterocycles. The van der Waals surface area contributed by atoms with Gasteiger partial charge in [0.1, 0.15) is 5.76 Å². The van der Waals surface area contributed by atoms with E-state index in [0.29, 0.717) is 11.6 Å². The van der Waals surface area contributed by atoms with E-state index in [1.165, 1.54) is 33.0 Å². The number of fused-ring (bicyclic) bond motifs is 2. The second-order valence-electron chi connectivity index (χ2n) is 10.9. The van der Waals surface area contributed by atoms with Crippen molar-refractivity contribution in [1.29, 1.82) is 0 Å². The van der Waals surface area contributed by atoms with Gasteiger partial charge in [-0.1, -0.05) is 83.1 Å². The number of benzene rings is 3. The van der Waals surface area contributed by atoms with Gasteiger partial charge in [-0.2, -0.15) is 0 Å². The molecule has 34 heavy (non-hydrogen) atoms. The Kier molecular flexibility index (Phi) is 5.56. The molecule has 5 aromatic rings. The summed E-state index contributed by atoms with van der Waals surface area (Å²) >= 11 is 0. The highest BCUT2D eigenvalue weighted by atomic mass is 16.3. The van der Waals surface area contributed by atoms with Crippen molar-refractivity contribution in [2.45, 2.75) is 53.4 Å². The van der Waals surface area contributed by atoms with E-state index >= 15 is 0 Å². The lowest BCUT2D eigenvalue weighted by Crippen LogP contribution is -2.12. The second-order valence-corrected chi connectivity index (χ2v) is 10.9. The zero-order chi connectivity index (χ0) is 24.0. The van der Waals surface area contributed by atoms with Gasteiger partial charge in [-0.15, -0.1) is 0 Å². The third kappa shape index (κ3) is 4.25. The molecule has 2 nitrogen and oxygen atoms in total. The maximum Gasteiger partial charge on any atom is 0.227 e. The van der Waals surface area contributed by atoms with Crippen molar-refractivity contribution in [3.05, 3.63) is 89.7 Å². The van der Waals surface area contributed by atoms with E-state index in [1.54, 1.807) is 0 Å². The van der Waals surface area contributed by atoms with Gasteiger partial charge in [0.25, 0.3) is 0 Å². The van der Waals surface area contributed by atoms with Crippen molar-refractivity contribution in [3.8, 4) is 22.4 Å². The molecule has 0 N–H and O–H groups in total. The summed E-state index contributed by atoms with van der Waals surface area (Å²) in [5.74, 6) is 1.53. The van der Waals surface area contributed by atoms with Crippen molar-refractivity contribution in [2.75, 3.05) is 0 Å². The smallest absolute Gasteiger partial charge is 0.227 e. The van der Waals surface area contributed by atoms with Crippen LogP contribution < -0.4 is 0 Å². The van der Waals surface area contributed by atoms with Crippen LogP contribution in [0.1, 0.15) is 51.5 Å². The molecule has 0 aliphatic carbocycles. The van der Waals surface area contributed by atoms with Crippen molar-refractivity contribution in [1.82, 2.24) is 4.98 Å². The van der Waals surface area contributed by atoms with Gasteiger partial charge >= 0.3 is 0 Å². The van der Waals surface area contributed by atoms with Gasteiger partial charge < -0.3 is 4.42 Å². The van der Waals surface area contributed by atoms with E-state index in [9.17, 15) is 0 Å².